The normalized spacial score (nSPS) is 14.2. The first-order chi connectivity index (χ1) is 10.4. The van der Waals surface area contributed by atoms with Gasteiger partial charge in [-0.15, -0.1) is 0 Å². The molecular formula is C21H30O2. The largest absolute Gasteiger partial charge is 0.507 e. The number of rotatable bonds is 2. The van der Waals surface area contributed by atoms with Crippen LogP contribution in [0.15, 0.2) is 24.3 Å². The minimum absolute atomic E-state index is 0.0960. The third-order valence-electron chi connectivity index (χ3n) is 4.71. The minimum Gasteiger partial charge on any atom is -0.507 e. The Labute approximate surface area is 140 Å². The number of hydrogen-bond acceptors (Lipinski definition) is 2. The van der Waals surface area contributed by atoms with Crippen LogP contribution in [0.25, 0.3) is 10.8 Å². The van der Waals surface area contributed by atoms with E-state index >= 15 is 0 Å². The van der Waals surface area contributed by atoms with Gasteiger partial charge < -0.3 is 10.2 Å². The van der Waals surface area contributed by atoms with E-state index < -0.39 is 0 Å². The first-order valence-electron chi connectivity index (χ1n) is 8.37. The summed E-state index contributed by atoms with van der Waals surface area (Å²) in [6.07, 6.45) is 0.800. The summed E-state index contributed by atoms with van der Waals surface area (Å²) < 4.78 is 0. The standard InChI is InChI=1S/C21H30O2/c1-13(21(5,6)7)15-10-17-16(18(22)11-15)9-8-14(19(17)23)12-20(2,3)4/h8-11,13,22-23H,12H2,1-7H3. The van der Waals surface area contributed by atoms with E-state index in [0.29, 0.717) is 11.1 Å². The van der Waals surface area contributed by atoms with Crippen molar-refractivity contribution in [2.45, 2.75) is 60.8 Å². The molecule has 0 aliphatic rings. The second-order valence-electron chi connectivity index (χ2n) is 9.03. The molecule has 0 spiro atoms. The topological polar surface area (TPSA) is 40.5 Å². The minimum atomic E-state index is 0.0960. The first kappa shape index (κ1) is 17.7. The average molecular weight is 314 g/mol. The Bertz CT molecular complexity index is 715. The molecule has 0 radical (unpaired) electrons. The summed E-state index contributed by atoms with van der Waals surface area (Å²) in [4.78, 5) is 0. The maximum atomic E-state index is 10.7. The van der Waals surface area contributed by atoms with Gasteiger partial charge in [-0.1, -0.05) is 60.6 Å². The highest BCUT2D eigenvalue weighted by atomic mass is 16.3. The van der Waals surface area contributed by atoms with E-state index in [-0.39, 0.29) is 22.5 Å². The zero-order chi connectivity index (χ0) is 17.6. The van der Waals surface area contributed by atoms with E-state index in [4.69, 9.17) is 0 Å². The molecule has 0 aromatic heterocycles. The summed E-state index contributed by atoms with van der Waals surface area (Å²) in [5.41, 5.74) is 2.19. The zero-order valence-corrected chi connectivity index (χ0v) is 15.5. The van der Waals surface area contributed by atoms with E-state index in [1.165, 1.54) is 0 Å². The molecule has 2 N–H and O–H groups in total. The van der Waals surface area contributed by atoms with Gasteiger partial charge in [0.15, 0.2) is 0 Å². The van der Waals surface area contributed by atoms with Gasteiger partial charge in [-0.3, -0.25) is 0 Å². The lowest BCUT2D eigenvalue weighted by atomic mass is 9.77. The van der Waals surface area contributed by atoms with Gasteiger partial charge >= 0.3 is 0 Å². The van der Waals surface area contributed by atoms with E-state index in [1.54, 1.807) is 0 Å². The predicted molar refractivity (Wildman–Crippen MR) is 98.3 cm³/mol. The summed E-state index contributed by atoms with van der Waals surface area (Å²) >= 11 is 0. The predicted octanol–water partition coefficient (Wildman–Crippen LogP) is 5.99. The second kappa shape index (κ2) is 5.74. The van der Waals surface area contributed by atoms with Crippen LogP contribution in [0.3, 0.4) is 0 Å². The molecule has 2 aromatic rings. The van der Waals surface area contributed by atoms with Gasteiger partial charge in [0.05, 0.1) is 0 Å². The number of benzene rings is 2. The second-order valence-corrected chi connectivity index (χ2v) is 9.03. The van der Waals surface area contributed by atoms with E-state index in [2.05, 4.69) is 48.5 Å². The molecule has 0 aliphatic carbocycles. The monoisotopic (exact) mass is 314 g/mol. The van der Waals surface area contributed by atoms with Crippen LogP contribution in [-0.4, -0.2) is 10.2 Å². The average Bonchev–Trinajstić information content (AvgIpc) is 2.39. The van der Waals surface area contributed by atoms with E-state index in [9.17, 15) is 10.2 Å². The third kappa shape index (κ3) is 3.80. The molecule has 2 nitrogen and oxygen atoms in total. The molecule has 126 valence electrons. The fraction of sp³-hybridized carbons (Fsp3) is 0.524. The van der Waals surface area contributed by atoms with Crippen molar-refractivity contribution in [3.8, 4) is 11.5 Å². The van der Waals surface area contributed by atoms with Crippen LogP contribution in [0.5, 0.6) is 11.5 Å². The molecule has 0 bridgehead atoms. The van der Waals surface area contributed by atoms with Crippen LogP contribution in [0.4, 0.5) is 0 Å². The Morgan fingerprint density at radius 1 is 0.913 bits per heavy atom. The van der Waals surface area contributed by atoms with E-state index in [1.807, 2.05) is 24.3 Å². The zero-order valence-electron chi connectivity index (χ0n) is 15.5. The summed E-state index contributed by atoms with van der Waals surface area (Å²) in [7, 11) is 0. The molecule has 0 fully saturated rings. The summed E-state index contributed by atoms with van der Waals surface area (Å²) in [6, 6.07) is 7.71. The Kier molecular flexibility index (Phi) is 4.40. The Morgan fingerprint density at radius 2 is 1.52 bits per heavy atom. The molecule has 23 heavy (non-hydrogen) atoms. The maximum Gasteiger partial charge on any atom is 0.126 e. The highest BCUT2D eigenvalue weighted by molar-refractivity contribution is 5.94. The molecule has 1 unspecified atom stereocenters. The quantitative estimate of drug-likeness (QED) is 0.715. The van der Waals surface area contributed by atoms with Gasteiger partial charge in [0.25, 0.3) is 0 Å². The lowest BCUT2D eigenvalue weighted by Gasteiger charge is -2.28. The maximum absolute atomic E-state index is 10.7. The van der Waals surface area contributed by atoms with Crippen LogP contribution < -0.4 is 0 Å². The van der Waals surface area contributed by atoms with Gasteiger partial charge in [0.1, 0.15) is 11.5 Å². The molecule has 0 saturated heterocycles. The lowest BCUT2D eigenvalue weighted by molar-refractivity contribution is 0.339. The van der Waals surface area contributed by atoms with Gasteiger partial charge in [-0.2, -0.15) is 0 Å². The molecule has 2 heteroatoms. The van der Waals surface area contributed by atoms with Gasteiger partial charge in [0, 0.05) is 10.8 Å². The van der Waals surface area contributed by atoms with Crippen LogP contribution in [0.2, 0.25) is 0 Å². The molecule has 0 heterocycles. The Hall–Kier alpha value is -1.70. The van der Waals surface area contributed by atoms with Crippen molar-refractivity contribution in [1.82, 2.24) is 0 Å². The number of phenols is 2. The van der Waals surface area contributed by atoms with Crippen LogP contribution in [-0.2, 0) is 6.42 Å². The summed E-state index contributed by atoms with van der Waals surface area (Å²) in [5.74, 6) is 0.824. The molecule has 1 atom stereocenters. The van der Waals surface area contributed by atoms with Gasteiger partial charge in [-0.05, 0) is 46.4 Å². The van der Waals surface area contributed by atoms with Gasteiger partial charge in [0.2, 0.25) is 0 Å². The smallest absolute Gasteiger partial charge is 0.126 e. The van der Waals surface area contributed by atoms with Crippen molar-refractivity contribution >= 4 is 10.8 Å². The van der Waals surface area contributed by atoms with Crippen LogP contribution in [0, 0.1) is 10.8 Å². The van der Waals surface area contributed by atoms with Crippen molar-refractivity contribution in [2.75, 3.05) is 0 Å². The van der Waals surface area contributed by atoms with Crippen molar-refractivity contribution in [1.29, 1.82) is 0 Å². The highest BCUT2D eigenvalue weighted by Gasteiger charge is 2.24. The fourth-order valence-corrected chi connectivity index (χ4v) is 2.93. The van der Waals surface area contributed by atoms with Crippen LogP contribution >= 0.6 is 0 Å². The van der Waals surface area contributed by atoms with Gasteiger partial charge in [-0.25, -0.2) is 0 Å². The van der Waals surface area contributed by atoms with Crippen molar-refractivity contribution < 1.29 is 10.2 Å². The summed E-state index contributed by atoms with van der Waals surface area (Å²) in [6.45, 7) is 15.2. The Balaban J connectivity index is 2.63. The van der Waals surface area contributed by atoms with Crippen molar-refractivity contribution in [3.63, 3.8) is 0 Å². The molecular weight excluding hydrogens is 284 g/mol. The number of phenolic OH excluding ortho intramolecular Hbond substituents is 2. The molecule has 2 rings (SSSR count). The number of hydrogen-bond donors (Lipinski definition) is 2. The molecule has 2 aromatic carbocycles. The lowest BCUT2D eigenvalue weighted by Crippen LogP contribution is -2.15. The number of fused-ring (bicyclic) bond motifs is 1. The van der Waals surface area contributed by atoms with E-state index in [0.717, 1.165) is 22.9 Å². The third-order valence-corrected chi connectivity index (χ3v) is 4.71. The van der Waals surface area contributed by atoms with Crippen molar-refractivity contribution in [2.24, 2.45) is 10.8 Å². The fourth-order valence-electron chi connectivity index (χ4n) is 2.93. The SMILES string of the molecule is CC(c1cc(O)c2ccc(CC(C)(C)C)c(O)c2c1)C(C)(C)C. The Morgan fingerprint density at radius 3 is 2.04 bits per heavy atom. The van der Waals surface area contributed by atoms with Crippen LogP contribution in [0.1, 0.15) is 65.5 Å². The molecule has 0 saturated carbocycles. The first-order valence-corrected chi connectivity index (χ1v) is 8.37. The molecule has 0 aliphatic heterocycles. The summed E-state index contributed by atoms with van der Waals surface area (Å²) in [5, 5.41) is 22.6. The highest BCUT2D eigenvalue weighted by Crippen LogP contribution is 2.42. The molecule has 0 amide bonds. The number of aromatic hydroxyl groups is 2. The van der Waals surface area contributed by atoms with Crippen molar-refractivity contribution in [3.05, 3.63) is 35.4 Å².